The molecule has 0 saturated heterocycles. The molecule has 0 saturated carbocycles. The zero-order valence-corrected chi connectivity index (χ0v) is 14.0. The number of rotatable bonds is 13. The van der Waals surface area contributed by atoms with Gasteiger partial charge in [0.25, 0.3) is 0 Å². The molecule has 0 aliphatic heterocycles. The molecule has 0 aromatic rings. The van der Waals surface area contributed by atoms with E-state index in [1.54, 1.807) is 6.92 Å². The Morgan fingerprint density at radius 3 is 1.85 bits per heavy atom. The van der Waals surface area contributed by atoms with Crippen LogP contribution in [0.2, 0.25) is 0 Å². The lowest BCUT2D eigenvalue weighted by Gasteiger charge is -2.13. The number of alkyl halides is 2. The van der Waals surface area contributed by atoms with Crippen molar-refractivity contribution in [1.82, 2.24) is 0 Å². The lowest BCUT2D eigenvalue weighted by atomic mass is 10.1. The molecule has 0 bridgehead atoms. The van der Waals surface area contributed by atoms with Crippen LogP contribution in [-0.2, 0) is 9.53 Å². The van der Waals surface area contributed by atoms with Crippen molar-refractivity contribution in [2.24, 2.45) is 0 Å². The molecule has 0 aromatic heterocycles. The normalized spacial score (nSPS) is 11.6. The van der Waals surface area contributed by atoms with Gasteiger partial charge in [-0.3, -0.25) is 4.79 Å². The number of aliphatic hydroxyl groups is 1. The van der Waals surface area contributed by atoms with Gasteiger partial charge in [-0.05, 0) is 19.8 Å². The summed E-state index contributed by atoms with van der Waals surface area (Å²) >= 11 is 11.4. The molecule has 0 fully saturated rings. The van der Waals surface area contributed by atoms with Crippen LogP contribution in [-0.4, -0.2) is 28.6 Å². The number of unbranched alkanes of at least 4 members (excludes halogenated alkanes) is 8. The van der Waals surface area contributed by atoms with Crippen molar-refractivity contribution in [3.63, 3.8) is 0 Å². The quantitative estimate of drug-likeness (QED) is 0.305. The molecule has 0 heterocycles. The Balaban J connectivity index is 3.21. The minimum Gasteiger partial charge on any atom is -0.462 e. The number of carbonyl (C=O) groups is 1. The molecule has 120 valence electrons. The Bertz CT molecular complexity index is 240. The van der Waals surface area contributed by atoms with E-state index in [1.165, 1.54) is 25.7 Å². The number of hydrogen-bond donors (Lipinski definition) is 1. The Morgan fingerprint density at radius 1 is 0.950 bits per heavy atom. The predicted octanol–water partition coefficient (Wildman–Crippen LogP) is 4.62. The van der Waals surface area contributed by atoms with E-state index in [2.05, 4.69) is 0 Å². The van der Waals surface area contributed by atoms with Gasteiger partial charge in [0.1, 0.15) is 10.9 Å². The maximum Gasteiger partial charge on any atom is 0.305 e. The Morgan fingerprint density at radius 2 is 1.40 bits per heavy atom. The van der Waals surface area contributed by atoms with E-state index < -0.39 is 4.33 Å². The lowest BCUT2D eigenvalue weighted by Crippen LogP contribution is -2.19. The van der Waals surface area contributed by atoms with Gasteiger partial charge in [-0.2, -0.15) is 0 Å². The van der Waals surface area contributed by atoms with Crippen LogP contribution in [0, 0.1) is 0 Å². The number of halogens is 2. The average Bonchev–Trinajstić information content (AvgIpc) is 2.38. The zero-order valence-electron chi connectivity index (χ0n) is 12.5. The molecule has 0 amide bonds. The summed E-state index contributed by atoms with van der Waals surface area (Å²) in [5.74, 6) is -0.221. The van der Waals surface area contributed by atoms with Crippen LogP contribution in [0.15, 0.2) is 0 Å². The van der Waals surface area contributed by atoms with E-state index in [0.717, 1.165) is 32.1 Å². The molecule has 0 spiro atoms. The standard InChI is InChI=1S/C15H28Cl2O3/c1-15(16,17)13-20-14(19)11-9-7-5-3-2-4-6-8-10-12-18/h18H,2-13H2,1H3. The second-order valence-electron chi connectivity index (χ2n) is 5.39. The number of ether oxygens (including phenoxy) is 1. The highest BCUT2D eigenvalue weighted by molar-refractivity contribution is 6.48. The first-order chi connectivity index (χ1) is 9.45. The molecule has 0 rings (SSSR count). The smallest absolute Gasteiger partial charge is 0.305 e. The fourth-order valence-corrected chi connectivity index (χ4v) is 2.01. The molecule has 0 radical (unpaired) electrons. The van der Waals surface area contributed by atoms with E-state index in [1.807, 2.05) is 0 Å². The van der Waals surface area contributed by atoms with E-state index in [-0.39, 0.29) is 12.6 Å². The number of carbonyl (C=O) groups excluding carboxylic acids is 1. The molecule has 0 aliphatic rings. The van der Waals surface area contributed by atoms with Crippen LogP contribution in [0.25, 0.3) is 0 Å². The minimum atomic E-state index is -0.994. The first-order valence-corrected chi connectivity index (χ1v) is 8.35. The molecule has 5 heteroatoms. The Labute approximate surface area is 133 Å². The number of hydrogen-bond acceptors (Lipinski definition) is 3. The molecule has 3 nitrogen and oxygen atoms in total. The zero-order chi connectivity index (χ0) is 15.3. The summed E-state index contributed by atoms with van der Waals surface area (Å²) in [5.41, 5.74) is 0. The number of aliphatic hydroxyl groups excluding tert-OH is 1. The summed E-state index contributed by atoms with van der Waals surface area (Å²) in [6, 6.07) is 0. The van der Waals surface area contributed by atoms with Crippen molar-refractivity contribution in [2.75, 3.05) is 13.2 Å². The van der Waals surface area contributed by atoms with E-state index >= 15 is 0 Å². The van der Waals surface area contributed by atoms with Gasteiger partial charge in [-0.1, -0.05) is 68.1 Å². The Hall–Kier alpha value is 0.01000. The summed E-state index contributed by atoms with van der Waals surface area (Å²) in [7, 11) is 0. The van der Waals surface area contributed by atoms with Crippen molar-refractivity contribution >= 4 is 29.2 Å². The van der Waals surface area contributed by atoms with Crippen molar-refractivity contribution in [3.8, 4) is 0 Å². The fourth-order valence-electron chi connectivity index (χ4n) is 1.90. The third kappa shape index (κ3) is 16.1. The van der Waals surface area contributed by atoms with Gasteiger partial charge < -0.3 is 9.84 Å². The van der Waals surface area contributed by atoms with Crippen molar-refractivity contribution in [3.05, 3.63) is 0 Å². The highest BCUT2D eigenvalue weighted by atomic mass is 35.5. The van der Waals surface area contributed by atoms with Gasteiger partial charge in [0.15, 0.2) is 0 Å². The van der Waals surface area contributed by atoms with Crippen LogP contribution in [0.1, 0.15) is 71.1 Å². The molecule has 0 aliphatic carbocycles. The number of esters is 1. The van der Waals surface area contributed by atoms with Gasteiger partial charge in [-0.15, -0.1) is 0 Å². The van der Waals surface area contributed by atoms with Gasteiger partial charge in [0.2, 0.25) is 0 Å². The summed E-state index contributed by atoms with van der Waals surface area (Å²) in [6.07, 6.45) is 10.5. The highest BCUT2D eigenvalue weighted by Gasteiger charge is 2.18. The summed E-state index contributed by atoms with van der Waals surface area (Å²) in [6.45, 7) is 1.95. The molecule has 0 atom stereocenters. The first kappa shape index (κ1) is 20.0. The average molecular weight is 327 g/mol. The first-order valence-electron chi connectivity index (χ1n) is 7.60. The predicted molar refractivity (Wildman–Crippen MR) is 84.3 cm³/mol. The van der Waals surface area contributed by atoms with Crippen molar-refractivity contribution in [1.29, 1.82) is 0 Å². The van der Waals surface area contributed by atoms with Crippen LogP contribution >= 0.6 is 23.2 Å². The third-order valence-corrected chi connectivity index (χ3v) is 3.24. The van der Waals surface area contributed by atoms with Gasteiger partial charge in [0, 0.05) is 13.0 Å². The van der Waals surface area contributed by atoms with Gasteiger partial charge in [-0.25, -0.2) is 0 Å². The van der Waals surface area contributed by atoms with Crippen molar-refractivity contribution in [2.45, 2.75) is 75.5 Å². The SMILES string of the molecule is CC(Cl)(Cl)COC(=O)CCCCCCCCCCCO. The Kier molecular flexibility index (Phi) is 12.7. The highest BCUT2D eigenvalue weighted by Crippen LogP contribution is 2.20. The second kappa shape index (κ2) is 12.7. The van der Waals surface area contributed by atoms with Crippen LogP contribution in [0.4, 0.5) is 0 Å². The fraction of sp³-hybridized carbons (Fsp3) is 0.933. The van der Waals surface area contributed by atoms with Crippen LogP contribution < -0.4 is 0 Å². The second-order valence-corrected chi connectivity index (χ2v) is 7.25. The maximum atomic E-state index is 11.4. The molecule has 20 heavy (non-hydrogen) atoms. The molecular weight excluding hydrogens is 299 g/mol. The topological polar surface area (TPSA) is 46.5 Å². The monoisotopic (exact) mass is 326 g/mol. The minimum absolute atomic E-state index is 0.0444. The maximum absolute atomic E-state index is 11.4. The molecule has 1 N–H and O–H groups in total. The lowest BCUT2D eigenvalue weighted by molar-refractivity contribution is -0.144. The molecular formula is C15H28Cl2O3. The van der Waals surface area contributed by atoms with Gasteiger partial charge >= 0.3 is 5.97 Å². The third-order valence-electron chi connectivity index (χ3n) is 3.03. The summed E-state index contributed by atoms with van der Waals surface area (Å²) < 4.78 is 3.97. The molecule has 0 unspecified atom stereocenters. The largest absolute Gasteiger partial charge is 0.462 e. The van der Waals surface area contributed by atoms with Crippen LogP contribution in [0.5, 0.6) is 0 Å². The van der Waals surface area contributed by atoms with Gasteiger partial charge in [0.05, 0.1) is 0 Å². The summed E-state index contributed by atoms with van der Waals surface area (Å²) in [5, 5.41) is 8.64. The molecule has 0 aromatic carbocycles. The summed E-state index contributed by atoms with van der Waals surface area (Å²) in [4.78, 5) is 11.4. The van der Waals surface area contributed by atoms with Crippen LogP contribution in [0.3, 0.4) is 0 Å². The van der Waals surface area contributed by atoms with E-state index in [0.29, 0.717) is 13.0 Å². The van der Waals surface area contributed by atoms with E-state index in [9.17, 15) is 4.79 Å². The van der Waals surface area contributed by atoms with Crippen molar-refractivity contribution < 1.29 is 14.6 Å². The van der Waals surface area contributed by atoms with E-state index in [4.69, 9.17) is 33.0 Å².